The van der Waals surface area contributed by atoms with Gasteiger partial charge in [0, 0.05) is 12.1 Å². The Morgan fingerprint density at radius 2 is 1.89 bits per heavy atom. The third-order valence-electron chi connectivity index (χ3n) is 4.25. The van der Waals surface area contributed by atoms with Crippen molar-refractivity contribution >= 4 is 5.97 Å². The van der Waals surface area contributed by atoms with E-state index in [1.807, 2.05) is 56.3 Å². The molecule has 0 spiro atoms. The molecule has 140 valence electrons. The molecule has 0 aliphatic carbocycles. The van der Waals surface area contributed by atoms with Crippen molar-refractivity contribution < 1.29 is 14.6 Å². The zero-order valence-electron chi connectivity index (χ0n) is 16.0. The van der Waals surface area contributed by atoms with Crippen molar-refractivity contribution in [3.8, 4) is 17.6 Å². The van der Waals surface area contributed by atoms with Crippen LogP contribution in [0.1, 0.15) is 28.3 Å². The van der Waals surface area contributed by atoms with Crippen LogP contribution >= 0.6 is 0 Å². The van der Waals surface area contributed by atoms with Crippen molar-refractivity contribution in [1.29, 1.82) is 0 Å². The number of methoxy groups -OCH3 is 1. The number of nitrogens with zero attached hydrogens (tertiary/aromatic N) is 1. The smallest absolute Gasteiger partial charge is 0.325 e. The highest BCUT2D eigenvalue weighted by atomic mass is 16.5. The number of benzene rings is 2. The average molecular weight is 363 g/mol. The van der Waals surface area contributed by atoms with Crippen molar-refractivity contribution in [3.05, 3.63) is 77.4 Å². The maximum atomic E-state index is 12.1. The molecular weight excluding hydrogens is 338 g/mol. The minimum absolute atomic E-state index is 0.321. The molecule has 4 heteroatoms. The molecule has 0 amide bonds. The minimum Gasteiger partial charge on any atom is -0.496 e. The normalized spacial score (nSPS) is 11.4. The number of rotatable bonds is 7. The van der Waals surface area contributed by atoms with Crippen LogP contribution in [0.2, 0.25) is 0 Å². The Morgan fingerprint density at radius 1 is 1.26 bits per heavy atom. The van der Waals surface area contributed by atoms with E-state index in [-0.39, 0.29) is 0 Å². The van der Waals surface area contributed by atoms with Crippen LogP contribution in [0.5, 0.6) is 5.75 Å². The van der Waals surface area contributed by atoms with Gasteiger partial charge in [0.15, 0.2) is 0 Å². The summed E-state index contributed by atoms with van der Waals surface area (Å²) in [5.41, 5.74) is 3.43. The lowest BCUT2D eigenvalue weighted by atomic mass is 9.99. The molecule has 0 heterocycles. The second-order valence-corrected chi connectivity index (χ2v) is 6.31. The molecule has 1 N–H and O–H groups in total. The molecule has 27 heavy (non-hydrogen) atoms. The fraction of sp³-hybridized carbons (Fsp3) is 0.261. The lowest BCUT2D eigenvalue weighted by Gasteiger charge is -2.27. The minimum atomic E-state index is -0.915. The van der Waals surface area contributed by atoms with Gasteiger partial charge >= 0.3 is 5.97 Å². The topological polar surface area (TPSA) is 49.8 Å². The Balaban J connectivity index is 2.34. The summed E-state index contributed by atoms with van der Waals surface area (Å²) >= 11 is 0. The van der Waals surface area contributed by atoms with Gasteiger partial charge in [0.1, 0.15) is 11.8 Å². The Hall–Kier alpha value is -3.03. The van der Waals surface area contributed by atoms with Gasteiger partial charge in [-0.25, -0.2) is 0 Å². The van der Waals surface area contributed by atoms with Gasteiger partial charge in [0.05, 0.1) is 13.7 Å². The third-order valence-corrected chi connectivity index (χ3v) is 4.25. The van der Waals surface area contributed by atoms with E-state index >= 15 is 0 Å². The fourth-order valence-corrected chi connectivity index (χ4v) is 3.16. The van der Waals surface area contributed by atoms with Crippen LogP contribution in [-0.2, 0) is 4.79 Å². The molecule has 2 aromatic rings. The van der Waals surface area contributed by atoms with Crippen molar-refractivity contribution in [2.24, 2.45) is 0 Å². The van der Waals surface area contributed by atoms with E-state index in [0.29, 0.717) is 18.7 Å². The van der Waals surface area contributed by atoms with Crippen LogP contribution in [-0.4, -0.2) is 36.2 Å². The van der Waals surface area contributed by atoms with E-state index in [1.54, 1.807) is 18.1 Å². The number of aliphatic carboxylic acids is 1. The van der Waals surface area contributed by atoms with Gasteiger partial charge in [0.2, 0.25) is 0 Å². The van der Waals surface area contributed by atoms with Gasteiger partial charge in [-0.2, -0.15) is 0 Å². The largest absolute Gasteiger partial charge is 0.496 e. The second kappa shape index (κ2) is 9.61. The number of carboxylic acids is 1. The standard InChI is InChI=1S/C23H25NO3/c1-5-13-24(14-9-12-19-10-7-6-8-11-19)21(23(25)26)20-15-17(2)22(27-4)18(3)16-20/h5-8,10-11,15-16,21H,1,13-14H2,2-4H3,(H,25,26)/t21-/m1/s1. The Bertz CT molecular complexity index is 839. The van der Waals surface area contributed by atoms with Crippen molar-refractivity contribution in [2.45, 2.75) is 19.9 Å². The second-order valence-electron chi connectivity index (χ2n) is 6.31. The first-order valence-corrected chi connectivity index (χ1v) is 8.74. The summed E-state index contributed by atoms with van der Waals surface area (Å²) in [6.45, 7) is 8.34. The maximum absolute atomic E-state index is 12.1. The van der Waals surface area contributed by atoms with Gasteiger partial charge in [-0.05, 0) is 42.7 Å². The van der Waals surface area contributed by atoms with Gasteiger partial charge < -0.3 is 9.84 Å². The fourth-order valence-electron chi connectivity index (χ4n) is 3.16. The van der Waals surface area contributed by atoms with Crippen LogP contribution in [0, 0.1) is 25.7 Å². The molecule has 0 radical (unpaired) electrons. The molecule has 0 aliphatic heterocycles. The number of aryl methyl sites for hydroxylation is 2. The van der Waals surface area contributed by atoms with E-state index in [4.69, 9.17) is 4.74 Å². The van der Waals surface area contributed by atoms with E-state index in [0.717, 1.165) is 22.4 Å². The highest BCUT2D eigenvalue weighted by Gasteiger charge is 2.27. The molecule has 0 aromatic heterocycles. The zero-order valence-corrected chi connectivity index (χ0v) is 16.0. The summed E-state index contributed by atoms with van der Waals surface area (Å²) in [6, 6.07) is 12.6. The molecule has 2 aromatic carbocycles. The number of ether oxygens (including phenoxy) is 1. The van der Waals surface area contributed by atoms with E-state index in [2.05, 4.69) is 18.4 Å². The summed E-state index contributed by atoms with van der Waals surface area (Å²) in [4.78, 5) is 13.9. The number of carboxylic acid groups (broad SMARTS) is 1. The quantitative estimate of drug-likeness (QED) is 0.597. The van der Waals surface area contributed by atoms with Gasteiger partial charge in [-0.15, -0.1) is 6.58 Å². The molecule has 0 fully saturated rings. The monoisotopic (exact) mass is 363 g/mol. The summed E-state index contributed by atoms with van der Waals surface area (Å²) in [6.07, 6.45) is 1.70. The van der Waals surface area contributed by atoms with E-state index in [1.165, 1.54) is 0 Å². The van der Waals surface area contributed by atoms with Gasteiger partial charge in [-0.1, -0.05) is 48.2 Å². The predicted molar refractivity (Wildman–Crippen MR) is 108 cm³/mol. The van der Waals surface area contributed by atoms with Crippen molar-refractivity contribution in [3.63, 3.8) is 0 Å². The number of carbonyl (C=O) groups is 1. The van der Waals surface area contributed by atoms with Crippen LogP contribution in [0.15, 0.2) is 55.1 Å². The van der Waals surface area contributed by atoms with Crippen molar-refractivity contribution in [1.82, 2.24) is 4.90 Å². The lowest BCUT2D eigenvalue weighted by molar-refractivity contribution is -0.143. The maximum Gasteiger partial charge on any atom is 0.325 e. The molecule has 0 saturated carbocycles. The van der Waals surface area contributed by atoms with Crippen molar-refractivity contribution in [2.75, 3.05) is 20.2 Å². The summed E-state index contributed by atoms with van der Waals surface area (Å²) in [5, 5.41) is 9.89. The molecule has 1 atom stereocenters. The summed E-state index contributed by atoms with van der Waals surface area (Å²) in [7, 11) is 1.62. The van der Waals surface area contributed by atoms with E-state index < -0.39 is 12.0 Å². The van der Waals surface area contributed by atoms with Crippen LogP contribution in [0.25, 0.3) is 0 Å². The molecule has 0 bridgehead atoms. The van der Waals surface area contributed by atoms with Gasteiger partial charge in [-0.3, -0.25) is 9.69 Å². The highest BCUT2D eigenvalue weighted by Crippen LogP contribution is 2.30. The zero-order chi connectivity index (χ0) is 19.8. The predicted octanol–water partition coefficient (Wildman–Crippen LogP) is 3.98. The first kappa shape index (κ1) is 20.3. The van der Waals surface area contributed by atoms with Crippen LogP contribution < -0.4 is 4.74 Å². The summed E-state index contributed by atoms with van der Waals surface area (Å²) < 4.78 is 5.39. The van der Waals surface area contributed by atoms with Gasteiger partial charge in [0.25, 0.3) is 0 Å². The third kappa shape index (κ3) is 5.22. The number of hydrogen-bond donors (Lipinski definition) is 1. The Kier molecular flexibility index (Phi) is 7.22. The molecule has 2 rings (SSSR count). The molecule has 0 saturated heterocycles. The number of hydrogen-bond acceptors (Lipinski definition) is 3. The Morgan fingerprint density at radius 3 is 2.41 bits per heavy atom. The van der Waals surface area contributed by atoms with E-state index in [9.17, 15) is 9.90 Å². The lowest BCUT2D eigenvalue weighted by Crippen LogP contribution is -2.34. The first-order chi connectivity index (χ1) is 13.0. The molecule has 0 aliphatic rings. The SMILES string of the molecule is C=CCN(CC#Cc1ccccc1)[C@@H](C(=O)O)c1cc(C)c(OC)c(C)c1. The molecular formula is C23H25NO3. The molecule has 0 unspecified atom stereocenters. The highest BCUT2D eigenvalue weighted by molar-refractivity contribution is 5.76. The Labute approximate surface area is 161 Å². The first-order valence-electron chi connectivity index (χ1n) is 8.74. The average Bonchev–Trinajstić information content (AvgIpc) is 2.62. The molecule has 4 nitrogen and oxygen atoms in total. The van der Waals surface area contributed by atoms with Crippen LogP contribution in [0.3, 0.4) is 0 Å². The van der Waals surface area contributed by atoms with Crippen LogP contribution in [0.4, 0.5) is 0 Å². The summed E-state index contributed by atoms with van der Waals surface area (Å²) in [5.74, 6) is 6.03.